The van der Waals surface area contributed by atoms with Crippen LogP contribution in [-0.4, -0.2) is 58.7 Å². The lowest BCUT2D eigenvalue weighted by molar-refractivity contribution is -0.155. The van der Waals surface area contributed by atoms with Crippen LogP contribution in [0.2, 0.25) is 0 Å². The number of aromatic nitrogens is 2. The number of fused-ring (bicyclic) bond motifs is 1. The van der Waals surface area contributed by atoms with Crippen LogP contribution in [0.4, 0.5) is 14.9 Å². The van der Waals surface area contributed by atoms with Gasteiger partial charge in [-0.15, -0.1) is 11.3 Å². The Bertz CT molecular complexity index is 1430. The van der Waals surface area contributed by atoms with Gasteiger partial charge in [-0.25, -0.2) is 14.8 Å². The van der Waals surface area contributed by atoms with Crippen molar-refractivity contribution in [2.24, 2.45) is 16.3 Å². The number of aliphatic imine (C=N–C) groups is 1. The van der Waals surface area contributed by atoms with Crippen LogP contribution >= 0.6 is 11.3 Å². The summed E-state index contributed by atoms with van der Waals surface area (Å²) in [5.41, 5.74) is 2.75. The van der Waals surface area contributed by atoms with Crippen LogP contribution in [0.5, 0.6) is 0 Å². The highest BCUT2D eigenvalue weighted by Gasteiger charge is 2.59. The van der Waals surface area contributed by atoms with Crippen molar-refractivity contribution in [3.8, 4) is 11.3 Å². The SMILES string of the molecule is CCNC(=O)NC1(C2CNCCC2(C)C(=O)O)N=CC=C(F)N1c1cc(-c2ccccn2)c2scnc2c1. The molecule has 12 heteroatoms. The minimum absolute atomic E-state index is 0.183. The van der Waals surface area contributed by atoms with Crippen molar-refractivity contribution < 1.29 is 19.1 Å². The Morgan fingerprint density at radius 2 is 2.16 bits per heavy atom. The van der Waals surface area contributed by atoms with E-state index in [1.807, 2.05) is 18.2 Å². The minimum atomic E-state index is -1.80. The third-order valence-electron chi connectivity index (χ3n) is 7.20. The van der Waals surface area contributed by atoms with Crippen molar-refractivity contribution in [1.82, 2.24) is 25.9 Å². The lowest BCUT2D eigenvalue weighted by atomic mass is 9.68. The van der Waals surface area contributed by atoms with Crippen molar-refractivity contribution in [1.29, 1.82) is 0 Å². The van der Waals surface area contributed by atoms with E-state index >= 15 is 4.39 Å². The van der Waals surface area contributed by atoms with Gasteiger partial charge in [0.15, 0.2) is 5.95 Å². The number of piperidine rings is 1. The number of nitrogens with one attached hydrogen (secondary N) is 3. The number of carbonyl (C=O) groups excluding carboxylic acids is 1. The quantitative estimate of drug-likeness (QED) is 0.352. The Labute approximate surface area is 222 Å². The summed E-state index contributed by atoms with van der Waals surface area (Å²) in [4.78, 5) is 40.5. The van der Waals surface area contributed by atoms with Crippen molar-refractivity contribution in [2.75, 3.05) is 24.5 Å². The number of urea groups is 1. The van der Waals surface area contributed by atoms with Crippen molar-refractivity contribution in [3.63, 3.8) is 0 Å². The topological polar surface area (TPSA) is 132 Å². The summed E-state index contributed by atoms with van der Waals surface area (Å²) >= 11 is 1.44. The van der Waals surface area contributed by atoms with E-state index < -0.39 is 35.1 Å². The number of allylic oxidation sites excluding steroid dienone is 1. The van der Waals surface area contributed by atoms with Crippen LogP contribution in [0.15, 0.2) is 59.1 Å². The van der Waals surface area contributed by atoms with Crippen LogP contribution in [0.1, 0.15) is 20.3 Å². The van der Waals surface area contributed by atoms with Gasteiger partial charge in [-0.3, -0.25) is 20.0 Å². The van der Waals surface area contributed by atoms with Crippen LogP contribution in [0.3, 0.4) is 0 Å². The highest BCUT2D eigenvalue weighted by Crippen LogP contribution is 2.47. The van der Waals surface area contributed by atoms with Gasteiger partial charge in [-0.1, -0.05) is 6.07 Å². The van der Waals surface area contributed by atoms with Gasteiger partial charge in [0, 0.05) is 37.1 Å². The van der Waals surface area contributed by atoms with E-state index in [-0.39, 0.29) is 13.0 Å². The van der Waals surface area contributed by atoms with Crippen LogP contribution in [-0.2, 0) is 4.79 Å². The number of thiazole rings is 1. The summed E-state index contributed by atoms with van der Waals surface area (Å²) in [6, 6.07) is 8.42. The molecule has 4 heterocycles. The van der Waals surface area contributed by atoms with Gasteiger partial charge in [0.25, 0.3) is 0 Å². The molecule has 0 bridgehead atoms. The number of amides is 2. The molecule has 1 saturated heterocycles. The number of halogens is 1. The van der Waals surface area contributed by atoms with Gasteiger partial charge >= 0.3 is 12.0 Å². The lowest BCUT2D eigenvalue weighted by Gasteiger charge is -2.53. The van der Waals surface area contributed by atoms with Gasteiger partial charge in [0.05, 0.1) is 38.4 Å². The maximum Gasteiger partial charge on any atom is 0.318 e. The number of nitrogens with zero attached hydrogens (tertiary/aromatic N) is 4. The molecule has 5 rings (SSSR count). The normalized spacial score (nSPS) is 25.2. The molecular weight excluding hydrogens is 509 g/mol. The first kappa shape index (κ1) is 25.7. The van der Waals surface area contributed by atoms with Gasteiger partial charge in [-0.05, 0) is 51.1 Å². The fourth-order valence-electron chi connectivity index (χ4n) is 5.25. The highest BCUT2D eigenvalue weighted by molar-refractivity contribution is 7.17. The minimum Gasteiger partial charge on any atom is -0.481 e. The number of benzene rings is 1. The van der Waals surface area contributed by atoms with E-state index in [1.54, 1.807) is 37.7 Å². The van der Waals surface area contributed by atoms with Crippen LogP contribution in [0, 0.1) is 11.3 Å². The second-order valence-corrected chi connectivity index (χ2v) is 10.3. The predicted octanol–water partition coefficient (Wildman–Crippen LogP) is 3.73. The maximum absolute atomic E-state index is 16.1. The molecule has 38 heavy (non-hydrogen) atoms. The zero-order chi connectivity index (χ0) is 26.9. The first-order valence-electron chi connectivity index (χ1n) is 12.3. The molecule has 0 radical (unpaired) electrons. The Morgan fingerprint density at radius 3 is 2.89 bits per heavy atom. The second-order valence-electron chi connectivity index (χ2n) is 9.45. The number of rotatable bonds is 6. The Balaban J connectivity index is 1.75. The van der Waals surface area contributed by atoms with Crippen molar-refractivity contribution in [3.05, 3.63) is 54.1 Å². The molecule has 1 aromatic carbocycles. The number of aliphatic carboxylic acids is 1. The van der Waals surface area contributed by atoms with E-state index in [4.69, 9.17) is 0 Å². The highest BCUT2D eigenvalue weighted by atomic mass is 32.1. The number of carboxylic acids is 1. The molecule has 2 aliphatic heterocycles. The number of anilines is 1. The molecule has 3 unspecified atom stereocenters. The molecule has 3 atom stereocenters. The summed E-state index contributed by atoms with van der Waals surface area (Å²) in [6.07, 6.45) is 4.41. The fraction of sp³-hybridized carbons (Fsp3) is 0.346. The molecule has 0 saturated carbocycles. The largest absolute Gasteiger partial charge is 0.481 e. The zero-order valence-corrected chi connectivity index (χ0v) is 21.8. The standard InChI is InChI=1S/C26H28FN7O3S/c1-3-29-24(37)33-26(20-14-28-11-8-25(20,2)23(35)36)32-10-7-21(27)34(26)16-12-17(18-6-4-5-9-30-18)22-19(13-16)31-15-38-22/h4-7,9-10,12-13,15,20,28H,3,8,11,14H2,1-2H3,(H,35,36)(H2,29,33,37). The Hall–Kier alpha value is -3.90. The van der Waals surface area contributed by atoms with E-state index in [9.17, 15) is 14.7 Å². The van der Waals surface area contributed by atoms with Crippen molar-refractivity contribution >= 4 is 45.5 Å². The van der Waals surface area contributed by atoms with Crippen molar-refractivity contribution in [2.45, 2.75) is 26.1 Å². The number of hydrogen-bond donors (Lipinski definition) is 4. The maximum atomic E-state index is 16.1. The van der Waals surface area contributed by atoms with E-state index in [1.165, 1.54) is 28.5 Å². The average Bonchev–Trinajstić information content (AvgIpc) is 3.38. The van der Waals surface area contributed by atoms with Gasteiger partial charge in [0.1, 0.15) is 0 Å². The third-order valence-corrected chi connectivity index (χ3v) is 8.08. The number of carboxylic acid groups (broad SMARTS) is 1. The molecule has 0 aliphatic carbocycles. The van der Waals surface area contributed by atoms with Crippen LogP contribution in [0.25, 0.3) is 21.5 Å². The summed E-state index contributed by atoms with van der Waals surface area (Å²) in [5, 5.41) is 19.1. The fourth-order valence-corrected chi connectivity index (χ4v) is 6.05. The molecule has 0 spiro atoms. The Morgan fingerprint density at radius 1 is 1.32 bits per heavy atom. The molecule has 2 aliphatic rings. The molecule has 198 valence electrons. The zero-order valence-electron chi connectivity index (χ0n) is 20.9. The summed E-state index contributed by atoms with van der Waals surface area (Å²) in [5.74, 6) is -4.40. The second kappa shape index (κ2) is 10.1. The number of pyridine rings is 1. The molecule has 2 amide bonds. The first-order valence-corrected chi connectivity index (χ1v) is 13.2. The number of hydrogen-bond acceptors (Lipinski definition) is 8. The van der Waals surface area contributed by atoms with E-state index in [0.29, 0.717) is 30.0 Å². The molecular formula is C26H28FN7O3S. The lowest BCUT2D eigenvalue weighted by Crippen LogP contribution is -2.72. The third kappa shape index (κ3) is 4.29. The molecule has 3 aromatic rings. The first-order chi connectivity index (χ1) is 18.3. The van der Waals surface area contributed by atoms with Gasteiger partial charge in [0.2, 0.25) is 5.79 Å². The summed E-state index contributed by atoms with van der Waals surface area (Å²) < 4.78 is 16.9. The van der Waals surface area contributed by atoms with E-state index in [2.05, 4.69) is 30.9 Å². The van der Waals surface area contributed by atoms with Crippen LogP contribution < -0.4 is 20.9 Å². The van der Waals surface area contributed by atoms with Gasteiger partial charge < -0.3 is 15.7 Å². The molecule has 4 N–H and O–H groups in total. The van der Waals surface area contributed by atoms with E-state index in [0.717, 1.165) is 10.3 Å². The smallest absolute Gasteiger partial charge is 0.318 e. The van der Waals surface area contributed by atoms with Gasteiger partial charge in [-0.2, -0.15) is 4.39 Å². The molecule has 10 nitrogen and oxygen atoms in total. The monoisotopic (exact) mass is 537 g/mol. The predicted molar refractivity (Wildman–Crippen MR) is 145 cm³/mol. The molecule has 2 aromatic heterocycles. The Kier molecular flexibility index (Phi) is 6.84. The molecule has 1 fully saturated rings. The summed E-state index contributed by atoms with van der Waals surface area (Å²) in [7, 11) is 0. The number of carbonyl (C=O) groups is 2. The average molecular weight is 538 g/mol. The summed E-state index contributed by atoms with van der Waals surface area (Å²) in [6.45, 7) is 4.34.